The van der Waals surface area contributed by atoms with Crippen molar-refractivity contribution < 1.29 is 0 Å². The Morgan fingerprint density at radius 3 is 2.81 bits per heavy atom. The number of hydrogen-bond acceptors (Lipinski definition) is 3. The topological polar surface area (TPSA) is 37.0 Å². The predicted molar refractivity (Wildman–Crippen MR) is 63.9 cm³/mol. The van der Waals surface area contributed by atoms with Crippen molar-refractivity contribution in [1.29, 1.82) is 0 Å². The van der Waals surface area contributed by atoms with Crippen molar-refractivity contribution in [3.63, 3.8) is 0 Å². The van der Waals surface area contributed by atoms with Crippen LogP contribution in [-0.2, 0) is 6.54 Å². The van der Waals surface area contributed by atoms with Crippen molar-refractivity contribution in [2.24, 2.45) is 0 Å². The molecule has 1 aromatic carbocycles. The molecule has 1 unspecified atom stereocenters. The van der Waals surface area contributed by atoms with Gasteiger partial charge in [-0.1, -0.05) is 24.3 Å². The van der Waals surface area contributed by atoms with Gasteiger partial charge in [0.05, 0.1) is 5.69 Å². The lowest BCUT2D eigenvalue weighted by molar-refractivity contribution is 0.553. The molecule has 0 radical (unpaired) electrons. The SMILES string of the molecule is c1ccc(C2NCc3ccccc3N2)nc1. The van der Waals surface area contributed by atoms with Crippen LogP contribution in [0.4, 0.5) is 5.69 Å². The van der Waals surface area contributed by atoms with Gasteiger partial charge in [-0.2, -0.15) is 0 Å². The number of benzene rings is 1. The van der Waals surface area contributed by atoms with E-state index >= 15 is 0 Å². The largest absolute Gasteiger partial charge is 0.364 e. The van der Waals surface area contributed by atoms with E-state index < -0.39 is 0 Å². The quantitative estimate of drug-likeness (QED) is 0.760. The molecule has 3 rings (SSSR count). The lowest BCUT2D eigenvalue weighted by Crippen LogP contribution is -2.33. The average Bonchev–Trinajstić information content (AvgIpc) is 2.39. The van der Waals surface area contributed by atoms with Gasteiger partial charge in [-0.15, -0.1) is 0 Å². The second-order valence-corrected chi connectivity index (χ2v) is 3.87. The van der Waals surface area contributed by atoms with Gasteiger partial charge in [0, 0.05) is 18.4 Å². The maximum atomic E-state index is 4.35. The minimum absolute atomic E-state index is 0.107. The Hall–Kier alpha value is -1.87. The van der Waals surface area contributed by atoms with Crippen molar-refractivity contribution in [3.8, 4) is 0 Å². The Kier molecular flexibility index (Phi) is 2.31. The van der Waals surface area contributed by atoms with Crippen molar-refractivity contribution in [2.75, 3.05) is 5.32 Å². The van der Waals surface area contributed by atoms with Crippen molar-refractivity contribution in [2.45, 2.75) is 12.7 Å². The van der Waals surface area contributed by atoms with Gasteiger partial charge in [0.1, 0.15) is 6.17 Å². The molecule has 0 spiro atoms. The first-order valence-corrected chi connectivity index (χ1v) is 5.42. The van der Waals surface area contributed by atoms with Gasteiger partial charge in [-0.25, -0.2) is 0 Å². The highest BCUT2D eigenvalue weighted by molar-refractivity contribution is 5.53. The maximum absolute atomic E-state index is 4.35. The molecule has 0 aliphatic carbocycles. The van der Waals surface area contributed by atoms with Gasteiger partial charge in [-0.05, 0) is 23.8 Å². The van der Waals surface area contributed by atoms with Gasteiger partial charge in [0.2, 0.25) is 0 Å². The molecule has 2 heterocycles. The van der Waals surface area contributed by atoms with Crippen LogP contribution in [0.25, 0.3) is 0 Å². The number of hydrogen-bond donors (Lipinski definition) is 2. The van der Waals surface area contributed by atoms with Crippen LogP contribution < -0.4 is 10.6 Å². The van der Waals surface area contributed by atoms with Crippen LogP contribution in [0, 0.1) is 0 Å². The van der Waals surface area contributed by atoms with Crippen LogP contribution in [0.2, 0.25) is 0 Å². The minimum Gasteiger partial charge on any atom is -0.364 e. The van der Waals surface area contributed by atoms with E-state index in [0.29, 0.717) is 0 Å². The number of aromatic nitrogens is 1. The van der Waals surface area contributed by atoms with E-state index in [2.05, 4.69) is 33.8 Å². The minimum atomic E-state index is 0.107. The van der Waals surface area contributed by atoms with Gasteiger partial charge >= 0.3 is 0 Å². The smallest absolute Gasteiger partial charge is 0.121 e. The number of rotatable bonds is 1. The molecular weight excluding hydrogens is 198 g/mol. The molecule has 3 nitrogen and oxygen atoms in total. The average molecular weight is 211 g/mol. The third-order valence-corrected chi connectivity index (χ3v) is 2.80. The number of pyridine rings is 1. The van der Waals surface area contributed by atoms with E-state index in [1.54, 1.807) is 0 Å². The third kappa shape index (κ3) is 1.66. The molecule has 1 atom stereocenters. The van der Waals surface area contributed by atoms with Crippen molar-refractivity contribution in [1.82, 2.24) is 10.3 Å². The summed E-state index contributed by atoms with van der Waals surface area (Å²) in [5.74, 6) is 0. The van der Waals surface area contributed by atoms with E-state index in [1.165, 1.54) is 11.3 Å². The lowest BCUT2D eigenvalue weighted by atomic mass is 10.1. The van der Waals surface area contributed by atoms with Crippen LogP contribution in [0.3, 0.4) is 0 Å². The number of anilines is 1. The van der Waals surface area contributed by atoms with Crippen LogP contribution in [0.5, 0.6) is 0 Å². The van der Waals surface area contributed by atoms with Gasteiger partial charge in [0.15, 0.2) is 0 Å². The first kappa shape index (κ1) is 9.36. The fraction of sp³-hybridized carbons (Fsp3) is 0.154. The van der Waals surface area contributed by atoms with E-state index in [0.717, 1.165) is 12.2 Å². The summed E-state index contributed by atoms with van der Waals surface area (Å²) >= 11 is 0. The number of para-hydroxylation sites is 1. The standard InChI is InChI=1S/C13H13N3/c1-2-6-11-10(5-1)9-15-13(16-11)12-7-3-4-8-14-12/h1-8,13,15-16H,9H2. The van der Waals surface area contributed by atoms with Crippen molar-refractivity contribution >= 4 is 5.69 Å². The highest BCUT2D eigenvalue weighted by Crippen LogP contribution is 2.24. The van der Waals surface area contributed by atoms with Crippen LogP contribution >= 0.6 is 0 Å². The lowest BCUT2D eigenvalue weighted by Gasteiger charge is -2.27. The molecule has 2 aromatic rings. The molecule has 0 saturated carbocycles. The summed E-state index contributed by atoms with van der Waals surface area (Å²) in [6, 6.07) is 14.3. The number of fused-ring (bicyclic) bond motifs is 1. The monoisotopic (exact) mass is 211 g/mol. The molecule has 16 heavy (non-hydrogen) atoms. The Morgan fingerprint density at radius 1 is 1.06 bits per heavy atom. The summed E-state index contributed by atoms with van der Waals surface area (Å²) < 4.78 is 0. The normalized spacial score (nSPS) is 18.6. The summed E-state index contributed by atoms with van der Waals surface area (Å²) in [4.78, 5) is 4.35. The summed E-state index contributed by atoms with van der Waals surface area (Å²) in [5.41, 5.74) is 3.52. The molecule has 3 heteroatoms. The Morgan fingerprint density at radius 2 is 1.94 bits per heavy atom. The fourth-order valence-electron chi connectivity index (χ4n) is 1.96. The summed E-state index contributed by atoms with van der Waals surface area (Å²) in [6.45, 7) is 0.879. The molecule has 0 fully saturated rings. The van der Waals surface area contributed by atoms with Gasteiger partial charge in [0.25, 0.3) is 0 Å². The zero-order valence-electron chi connectivity index (χ0n) is 8.85. The second-order valence-electron chi connectivity index (χ2n) is 3.87. The van der Waals surface area contributed by atoms with Gasteiger partial charge in [-0.3, -0.25) is 10.3 Å². The molecule has 2 N–H and O–H groups in total. The molecule has 1 aliphatic heterocycles. The third-order valence-electron chi connectivity index (χ3n) is 2.80. The highest BCUT2D eigenvalue weighted by atomic mass is 15.2. The summed E-state index contributed by atoms with van der Waals surface area (Å²) in [7, 11) is 0. The Labute approximate surface area is 94.5 Å². The molecule has 80 valence electrons. The Bertz CT molecular complexity index is 482. The van der Waals surface area contributed by atoms with Crippen LogP contribution in [0.15, 0.2) is 48.7 Å². The van der Waals surface area contributed by atoms with E-state index in [1.807, 2.05) is 30.5 Å². The van der Waals surface area contributed by atoms with Crippen LogP contribution in [0.1, 0.15) is 17.4 Å². The van der Waals surface area contributed by atoms with Crippen molar-refractivity contribution in [3.05, 3.63) is 59.9 Å². The predicted octanol–water partition coefficient (Wildman–Crippen LogP) is 2.30. The maximum Gasteiger partial charge on any atom is 0.121 e. The molecule has 0 bridgehead atoms. The molecule has 1 aromatic heterocycles. The Balaban J connectivity index is 1.89. The summed E-state index contributed by atoms with van der Waals surface area (Å²) in [6.07, 6.45) is 1.93. The molecule has 0 saturated heterocycles. The molecule has 0 amide bonds. The first-order chi connectivity index (χ1) is 7.93. The summed E-state index contributed by atoms with van der Waals surface area (Å²) in [5, 5.41) is 6.86. The molecule has 1 aliphatic rings. The van der Waals surface area contributed by atoms with E-state index in [4.69, 9.17) is 0 Å². The zero-order valence-corrected chi connectivity index (χ0v) is 8.85. The van der Waals surface area contributed by atoms with E-state index in [-0.39, 0.29) is 6.17 Å². The van der Waals surface area contributed by atoms with Crippen LogP contribution in [-0.4, -0.2) is 4.98 Å². The molecular formula is C13H13N3. The number of nitrogens with one attached hydrogen (secondary N) is 2. The van der Waals surface area contributed by atoms with Gasteiger partial charge < -0.3 is 5.32 Å². The first-order valence-electron chi connectivity index (χ1n) is 5.42. The van der Waals surface area contributed by atoms with E-state index in [9.17, 15) is 0 Å². The zero-order chi connectivity index (χ0) is 10.8. The fourth-order valence-corrected chi connectivity index (χ4v) is 1.96. The second kappa shape index (κ2) is 3.94. The number of nitrogens with zero attached hydrogens (tertiary/aromatic N) is 1. The highest BCUT2D eigenvalue weighted by Gasteiger charge is 2.18.